The number of nitrogens with zero attached hydrogens (tertiary/aromatic N) is 3. The normalized spacial score (nSPS) is 25.5. The molecule has 0 saturated heterocycles. The molecule has 0 spiro atoms. The largest absolute Gasteiger partial charge is 0.241 e. The second kappa shape index (κ2) is 7.54. The van der Waals surface area contributed by atoms with Crippen LogP contribution in [0.25, 0.3) is 0 Å². The molecule has 1 aromatic heterocycles. The number of nitriles is 1. The third-order valence-corrected chi connectivity index (χ3v) is 4.87. The maximum absolute atomic E-state index is 9.72. The summed E-state index contributed by atoms with van der Waals surface area (Å²) in [5.41, 5.74) is 0.687. The molecule has 1 aliphatic rings. The lowest BCUT2D eigenvalue weighted by molar-refractivity contribution is 0.262. The number of aryl methyl sites for hydroxylation is 1. The Bertz CT molecular complexity index is 464. The highest BCUT2D eigenvalue weighted by atomic mass is 14.9. The molecule has 0 atom stereocenters. The standard InChI is InChI=1S/C18H27N3/c1-3-5-7-15-8-10-18(14-19,11-9-15)16-12-20-17(6-4-2)21-13-16/h12-13,15H,3-11H2,1-2H3. The van der Waals surface area contributed by atoms with Gasteiger partial charge < -0.3 is 0 Å². The van der Waals surface area contributed by atoms with Gasteiger partial charge in [0.2, 0.25) is 0 Å². The molecule has 0 radical (unpaired) electrons. The Labute approximate surface area is 128 Å². The minimum atomic E-state index is -0.340. The molecule has 1 aromatic rings. The van der Waals surface area contributed by atoms with E-state index in [4.69, 9.17) is 0 Å². The molecule has 0 aliphatic heterocycles. The quantitative estimate of drug-likeness (QED) is 0.769. The fourth-order valence-corrected chi connectivity index (χ4v) is 3.37. The molecule has 1 fully saturated rings. The summed E-state index contributed by atoms with van der Waals surface area (Å²) in [4.78, 5) is 8.89. The van der Waals surface area contributed by atoms with Gasteiger partial charge in [0.15, 0.2) is 0 Å². The molecule has 114 valence electrons. The summed E-state index contributed by atoms with van der Waals surface area (Å²) in [6.45, 7) is 4.38. The SMILES string of the molecule is CCCCC1CCC(C#N)(c2cnc(CCC)nc2)CC1. The Morgan fingerprint density at radius 1 is 1.19 bits per heavy atom. The molecule has 0 N–H and O–H groups in total. The van der Waals surface area contributed by atoms with Crippen molar-refractivity contribution in [3.8, 4) is 6.07 Å². The van der Waals surface area contributed by atoms with Crippen LogP contribution in [0.15, 0.2) is 12.4 Å². The van der Waals surface area contributed by atoms with Crippen molar-refractivity contribution in [3.63, 3.8) is 0 Å². The van der Waals surface area contributed by atoms with Gasteiger partial charge in [-0.05, 0) is 38.0 Å². The third-order valence-electron chi connectivity index (χ3n) is 4.87. The first kappa shape index (κ1) is 15.9. The first-order chi connectivity index (χ1) is 10.2. The molecule has 3 heteroatoms. The lowest BCUT2D eigenvalue weighted by Crippen LogP contribution is -2.30. The van der Waals surface area contributed by atoms with Crippen LogP contribution in [0.1, 0.15) is 76.6 Å². The van der Waals surface area contributed by atoms with Crippen LogP contribution in [0.3, 0.4) is 0 Å². The molecule has 0 bridgehead atoms. The summed E-state index contributed by atoms with van der Waals surface area (Å²) in [7, 11) is 0. The molecule has 3 nitrogen and oxygen atoms in total. The van der Waals surface area contributed by atoms with E-state index in [2.05, 4.69) is 29.9 Å². The van der Waals surface area contributed by atoms with Crippen molar-refractivity contribution in [1.29, 1.82) is 5.26 Å². The summed E-state index contributed by atoms with van der Waals surface area (Å²) in [5.74, 6) is 1.71. The van der Waals surface area contributed by atoms with Gasteiger partial charge in [-0.15, -0.1) is 0 Å². The number of aromatic nitrogens is 2. The topological polar surface area (TPSA) is 49.6 Å². The van der Waals surface area contributed by atoms with Gasteiger partial charge in [0.05, 0.1) is 11.5 Å². The van der Waals surface area contributed by atoms with Gasteiger partial charge in [-0.3, -0.25) is 0 Å². The molecule has 0 amide bonds. The van der Waals surface area contributed by atoms with E-state index in [1.165, 1.54) is 32.1 Å². The van der Waals surface area contributed by atoms with Crippen molar-refractivity contribution in [2.45, 2.75) is 77.0 Å². The van der Waals surface area contributed by atoms with Crippen molar-refractivity contribution >= 4 is 0 Å². The predicted molar refractivity (Wildman–Crippen MR) is 84.8 cm³/mol. The van der Waals surface area contributed by atoms with Crippen molar-refractivity contribution < 1.29 is 0 Å². The molecule has 1 heterocycles. The number of hydrogen-bond donors (Lipinski definition) is 0. The van der Waals surface area contributed by atoms with Crippen LogP contribution < -0.4 is 0 Å². The highest BCUT2D eigenvalue weighted by molar-refractivity contribution is 5.29. The fraction of sp³-hybridized carbons (Fsp3) is 0.722. The summed E-state index contributed by atoms with van der Waals surface area (Å²) >= 11 is 0. The minimum Gasteiger partial charge on any atom is -0.241 e. The van der Waals surface area contributed by atoms with E-state index < -0.39 is 0 Å². The third kappa shape index (κ3) is 3.81. The average Bonchev–Trinajstić information content (AvgIpc) is 2.54. The first-order valence-electron chi connectivity index (χ1n) is 8.46. The van der Waals surface area contributed by atoms with Crippen molar-refractivity contribution in [3.05, 3.63) is 23.8 Å². The monoisotopic (exact) mass is 285 g/mol. The highest BCUT2D eigenvalue weighted by Crippen LogP contribution is 2.42. The Morgan fingerprint density at radius 3 is 2.38 bits per heavy atom. The Hall–Kier alpha value is -1.43. The van der Waals surface area contributed by atoms with Gasteiger partial charge in [0.1, 0.15) is 5.82 Å². The van der Waals surface area contributed by atoms with Crippen molar-refractivity contribution in [2.24, 2.45) is 5.92 Å². The van der Waals surface area contributed by atoms with Gasteiger partial charge >= 0.3 is 0 Å². The number of hydrogen-bond acceptors (Lipinski definition) is 3. The van der Waals surface area contributed by atoms with Crippen LogP contribution in [-0.4, -0.2) is 9.97 Å². The second-order valence-corrected chi connectivity index (χ2v) is 6.42. The van der Waals surface area contributed by atoms with E-state index in [9.17, 15) is 5.26 Å². The minimum absolute atomic E-state index is 0.340. The van der Waals surface area contributed by atoms with E-state index in [-0.39, 0.29) is 5.41 Å². The van der Waals surface area contributed by atoms with E-state index in [0.717, 1.165) is 43.0 Å². The molecule has 1 saturated carbocycles. The molecule has 2 rings (SSSR count). The second-order valence-electron chi connectivity index (χ2n) is 6.42. The summed E-state index contributed by atoms with van der Waals surface area (Å²) < 4.78 is 0. The number of rotatable bonds is 6. The molecule has 0 aromatic carbocycles. The van der Waals surface area contributed by atoms with E-state index >= 15 is 0 Å². The van der Waals surface area contributed by atoms with Gasteiger partial charge in [0.25, 0.3) is 0 Å². The maximum atomic E-state index is 9.72. The smallest absolute Gasteiger partial charge is 0.128 e. The highest BCUT2D eigenvalue weighted by Gasteiger charge is 2.37. The zero-order valence-electron chi connectivity index (χ0n) is 13.4. The zero-order chi connectivity index (χ0) is 15.1. The molecule has 21 heavy (non-hydrogen) atoms. The Kier molecular flexibility index (Phi) is 5.73. The van der Waals surface area contributed by atoms with Gasteiger partial charge in [-0.2, -0.15) is 5.26 Å². The molecular formula is C18H27N3. The Balaban J connectivity index is 2.04. The summed E-state index contributed by atoms with van der Waals surface area (Å²) in [5, 5.41) is 9.72. The summed E-state index contributed by atoms with van der Waals surface area (Å²) in [6.07, 6.45) is 14.0. The number of unbranched alkanes of at least 4 members (excludes halogenated alkanes) is 1. The van der Waals surface area contributed by atoms with Crippen molar-refractivity contribution in [1.82, 2.24) is 9.97 Å². The fourth-order valence-electron chi connectivity index (χ4n) is 3.37. The molecular weight excluding hydrogens is 258 g/mol. The lowest BCUT2D eigenvalue weighted by Gasteiger charge is -2.35. The van der Waals surface area contributed by atoms with Crippen LogP contribution in [0, 0.1) is 17.2 Å². The molecule has 1 aliphatic carbocycles. The van der Waals surface area contributed by atoms with Crippen LogP contribution in [-0.2, 0) is 11.8 Å². The van der Waals surface area contributed by atoms with Gasteiger partial charge in [0, 0.05) is 24.4 Å². The Morgan fingerprint density at radius 2 is 1.86 bits per heavy atom. The lowest BCUT2D eigenvalue weighted by atomic mass is 9.67. The van der Waals surface area contributed by atoms with E-state index in [0.29, 0.717) is 0 Å². The van der Waals surface area contributed by atoms with Crippen LogP contribution >= 0.6 is 0 Å². The van der Waals surface area contributed by atoms with Gasteiger partial charge in [-0.25, -0.2) is 9.97 Å². The first-order valence-corrected chi connectivity index (χ1v) is 8.46. The maximum Gasteiger partial charge on any atom is 0.128 e. The van der Waals surface area contributed by atoms with Crippen LogP contribution in [0.4, 0.5) is 0 Å². The van der Waals surface area contributed by atoms with Crippen molar-refractivity contribution in [2.75, 3.05) is 0 Å². The predicted octanol–water partition coefficient (Wildman–Crippen LogP) is 4.57. The summed E-state index contributed by atoms with van der Waals surface area (Å²) in [6, 6.07) is 2.58. The van der Waals surface area contributed by atoms with Gasteiger partial charge in [-0.1, -0.05) is 33.1 Å². The van der Waals surface area contributed by atoms with E-state index in [1.54, 1.807) is 0 Å². The zero-order valence-corrected chi connectivity index (χ0v) is 13.4. The average molecular weight is 285 g/mol. The van der Waals surface area contributed by atoms with E-state index in [1.807, 2.05) is 12.4 Å². The van der Waals surface area contributed by atoms with Crippen LogP contribution in [0.2, 0.25) is 0 Å². The molecule has 0 unspecified atom stereocenters. The van der Waals surface area contributed by atoms with Crippen LogP contribution in [0.5, 0.6) is 0 Å².